The summed E-state index contributed by atoms with van der Waals surface area (Å²) in [6.07, 6.45) is 4.44. The van der Waals surface area contributed by atoms with Gasteiger partial charge in [-0.25, -0.2) is 0 Å². The number of hydrogen-bond acceptors (Lipinski definition) is 3. The van der Waals surface area contributed by atoms with E-state index in [4.69, 9.17) is 10.5 Å². The van der Waals surface area contributed by atoms with Crippen LogP contribution in [0.25, 0.3) is 11.3 Å². The van der Waals surface area contributed by atoms with Gasteiger partial charge in [0.25, 0.3) is 5.56 Å². The zero-order chi connectivity index (χ0) is 15.7. The third kappa shape index (κ3) is 2.49. The lowest BCUT2D eigenvalue weighted by Crippen LogP contribution is -2.27. The number of pyridine rings is 1. The SMILES string of the molecule is COc1ccc(-c2ccc(N)c(=O)n2C2CCCC2)cc1C. The molecule has 0 saturated heterocycles. The molecule has 2 aromatic rings. The molecule has 3 rings (SSSR count). The van der Waals surface area contributed by atoms with Gasteiger partial charge in [-0.3, -0.25) is 4.79 Å². The maximum absolute atomic E-state index is 12.6. The standard InChI is InChI=1S/C18H22N2O2/c1-12-11-13(7-10-17(12)22-2)16-9-8-15(19)18(21)20(16)14-5-3-4-6-14/h7-11,14H,3-6,19H2,1-2H3. The largest absolute Gasteiger partial charge is 0.496 e. The van der Waals surface area contributed by atoms with Crippen LogP contribution in [0, 0.1) is 6.92 Å². The van der Waals surface area contributed by atoms with Gasteiger partial charge in [0, 0.05) is 6.04 Å². The van der Waals surface area contributed by atoms with E-state index in [0.29, 0.717) is 5.69 Å². The summed E-state index contributed by atoms with van der Waals surface area (Å²) in [6, 6.07) is 9.94. The Morgan fingerprint density at radius 1 is 1.18 bits per heavy atom. The first kappa shape index (κ1) is 14.7. The fourth-order valence-electron chi connectivity index (χ4n) is 3.37. The molecule has 1 aliphatic carbocycles. The molecule has 1 saturated carbocycles. The van der Waals surface area contributed by atoms with Gasteiger partial charge < -0.3 is 15.0 Å². The second-order valence-corrected chi connectivity index (χ2v) is 5.97. The van der Waals surface area contributed by atoms with Crippen molar-refractivity contribution in [2.45, 2.75) is 38.6 Å². The highest BCUT2D eigenvalue weighted by Gasteiger charge is 2.22. The smallest absolute Gasteiger partial charge is 0.274 e. The molecule has 0 aliphatic heterocycles. The van der Waals surface area contributed by atoms with Gasteiger partial charge in [-0.2, -0.15) is 0 Å². The number of aromatic nitrogens is 1. The van der Waals surface area contributed by atoms with Crippen molar-refractivity contribution in [3.8, 4) is 17.0 Å². The Balaban J connectivity index is 2.16. The number of ether oxygens (including phenoxy) is 1. The summed E-state index contributed by atoms with van der Waals surface area (Å²) in [4.78, 5) is 12.6. The Morgan fingerprint density at radius 2 is 1.91 bits per heavy atom. The van der Waals surface area contributed by atoms with Gasteiger partial charge in [0.15, 0.2) is 0 Å². The molecular formula is C18H22N2O2. The minimum absolute atomic E-state index is 0.0714. The second-order valence-electron chi connectivity index (χ2n) is 5.97. The molecule has 0 amide bonds. The molecule has 22 heavy (non-hydrogen) atoms. The molecule has 4 heteroatoms. The van der Waals surface area contributed by atoms with Crippen molar-refractivity contribution in [2.75, 3.05) is 12.8 Å². The molecule has 0 radical (unpaired) electrons. The van der Waals surface area contributed by atoms with E-state index in [1.807, 2.05) is 29.7 Å². The summed E-state index contributed by atoms with van der Waals surface area (Å²) in [5, 5.41) is 0. The number of anilines is 1. The Morgan fingerprint density at radius 3 is 2.55 bits per heavy atom. The van der Waals surface area contributed by atoms with E-state index in [-0.39, 0.29) is 11.6 Å². The number of nitrogens with two attached hydrogens (primary N) is 1. The monoisotopic (exact) mass is 298 g/mol. The van der Waals surface area contributed by atoms with Crippen LogP contribution in [0.2, 0.25) is 0 Å². The van der Waals surface area contributed by atoms with Crippen molar-refractivity contribution in [1.29, 1.82) is 0 Å². The summed E-state index contributed by atoms with van der Waals surface area (Å²) in [7, 11) is 1.67. The quantitative estimate of drug-likeness (QED) is 0.943. The summed E-state index contributed by atoms with van der Waals surface area (Å²) in [5.41, 5.74) is 9.14. The third-order valence-corrected chi connectivity index (χ3v) is 4.53. The molecule has 4 nitrogen and oxygen atoms in total. The normalized spacial score (nSPS) is 15.2. The highest BCUT2D eigenvalue weighted by atomic mass is 16.5. The van der Waals surface area contributed by atoms with Crippen molar-refractivity contribution in [3.05, 3.63) is 46.2 Å². The molecule has 1 heterocycles. The number of aryl methyl sites for hydroxylation is 1. The molecule has 1 aromatic carbocycles. The van der Waals surface area contributed by atoms with Crippen molar-refractivity contribution in [1.82, 2.24) is 4.57 Å². The minimum Gasteiger partial charge on any atom is -0.496 e. The van der Waals surface area contributed by atoms with E-state index in [2.05, 4.69) is 6.07 Å². The highest BCUT2D eigenvalue weighted by molar-refractivity contribution is 5.64. The number of benzene rings is 1. The molecule has 116 valence electrons. The first-order valence-corrected chi connectivity index (χ1v) is 7.78. The first-order valence-electron chi connectivity index (χ1n) is 7.78. The van der Waals surface area contributed by atoms with Crippen LogP contribution < -0.4 is 16.0 Å². The summed E-state index contributed by atoms with van der Waals surface area (Å²) in [6.45, 7) is 2.01. The van der Waals surface area contributed by atoms with Gasteiger partial charge in [-0.05, 0) is 61.2 Å². The van der Waals surface area contributed by atoms with Gasteiger partial charge in [0.1, 0.15) is 5.75 Å². The Bertz CT molecular complexity index is 743. The summed E-state index contributed by atoms with van der Waals surface area (Å²) < 4.78 is 7.21. The Kier molecular flexibility index (Phi) is 3.92. The zero-order valence-corrected chi connectivity index (χ0v) is 13.1. The maximum Gasteiger partial charge on any atom is 0.274 e. The lowest BCUT2D eigenvalue weighted by molar-refractivity contribution is 0.411. The van der Waals surface area contributed by atoms with Crippen molar-refractivity contribution in [3.63, 3.8) is 0 Å². The highest BCUT2D eigenvalue weighted by Crippen LogP contribution is 2.33. The number of nitrogen functional groups attached to an aromatic ring is 1. The molecule has 1 aliphatic rings. The van der Waals surface area contributed by atoms with Crippen LogP contribution in [-0.2, 0) is 0 Å². The average molecular weight is 298 g/mol. The second kappa shape index (κ2) is 5.87. The van der Waals surface area contributed by atoms with Crippen LogP contribution in [0.1, 0.15) is 37.3 Å². The molecule has 0 unspecified atom stereocenters. The van der Waals surface area contributed by atoms with E-state index in [0.717, 1.165) is 35.4 Å². The van der Waals surface area contributed by atoms with Gasteiger partial charge in [-0.15, -0.1) is 0 Å². The first-order chi connectivity index (χ1) is 10.6. The average Bonchev–Trinajstić information content (AvgIpc) is 3.03. The number of methoxy groups -OCH3 is 1. The molecule has 2 N–H and O–H groups in total. The predicted molar refractivity (Wildman–Crippen MR) is 89.3 cm³/mol. The fourth-order valence-corrected chi connectivity index (χ4v) is 3.37. The van der Waals surface area contributed by atoms with Crippen LogP contribution in [0.3, 0.4) is 0 Å². The number of nitrogens with zero attached hydrogens (tertiary/aromatic N) is 1. The van der Waals surface area contributed by atoms with Crippen LogP contribution in [0.4, 0.5) is 5.69 Å². The van der Waals surface area contributed by atoms with E-state index in [1.54, 1.807) is 13.2 Å². The molecule has 0 spiro atoms. The summed E-state index contributed by atoms with van der Waals surface area (Å²) >= 11 is 0. The van der Waals surface area contributed by atoms with Crippen LogP contribution >= 0.6 is 0 Å². The van der Waals surface area contributed by atoms with Crippen molar-refractivity contribution >= 4 is 5.69 Å². The van der Waals surface area contributed by atoms with Crippen LogP contribution in [0.5, 0.6) is 5.75 Å². The van der Waals surface area contributed by atoms with E-state index in [1.165, 1.54) is 12.8 Å². The van der Waals surface area contributed by atoms with Crippen molar-refractivity contribution < 1.29 is 4.74 Å². The third-order valence-electron chi connectivity index (χ3n) is 4.53. The van der Waals surface area contributed by atoms with Crippen LogP contribution in [-0.4, -0.2) is 11.7 Å². The van der Waals surface area contributed by atoms with Gasteiger partial charge in [-0.1, -0.05) is 12.8 Å². The maximum atomic E-state index is 12.6. The van der Waals surface area contributed by atoms with Gasteiger partial charge in [0.05, 0.1) is 18.5 Å². The number of hydrogen-bond donors (Lipinski definition) is 1. The predicted octanol–water partition coefficient (Wildman–Crippen LogP) is 3.53. The van der Waals surface area contributed by atoms with Gasteiger partial charge >= 0.3 is 0 Å². The van der Waals surface area contributed by atoms with Gasteiger partial charge in [0.2, 0.25) is 0 Å². The van der Waals surface area contributed by atoms with E-state index in [9.17, 15) is 4.79 Å². The lowest BCUT2D eigenvalue weighted by atomic mass is 10.1. The Labute approximate surface area is 130 Å². The summed E-state index contributed by atoms with van der Waals surface area (Å²) in [5.74, 6) is 0.856. The molecular weight excluding hydrogens is 276 g/mol. The Hall–Kier alpha value is -2.23. The van der Waals surface area contributed by atoms with Crippen molar-refractivity contribution in [2.24, 2.45) is 0 Å². The van der Waals surface area contributed by atoms with E-state index < -0.39 is 0 Å². The molecule has 1 aromatic heterocycles. The topological polar surface area (TPSA) is 57.2 Å². The van der Waals surface area contributed by atoms with E-state index >= 15 is 0 Å². The fraction of sp³-hybridized carbons (Fsp3) is 0.389. The molecule has 1 fully saturated rings. The molecule has 0 atom stereocenters. The zero-order valence-electron chi connectivity index (χ0n) is 13.1. The minimum atomic E-state index is -0.0714. The van der Waals surface area contributed by atoms with Crippen LogP contribution in [0.15, 0.2) is 35.1 Å². The molecule has 0 bridgehead atoms. The number of rotatable bonds is 3. The lowest BCUT2D eigenvalue weighted by Gasteiger charge is -2.20.